The lowest BCUT2D eigenvalue weighted by Crippen LogP contribution is -2.39. The summed E-state index contributed by atoms with van der Waals surface area (Å²) in [4.78, 5) is 0. The van der Waals surface area contributed by atoms with Crippen LogP contribution >= 0.6 is 0 Å². The molecule has 1 aliphatic rings. The van der Waals surface area contributed by atoms with Crippen LogP contribution < -0.4 is 10.1 Å². The molecule has 2 heterocycles. The minimum absolute atomic E-state index is 0.386. The second-order valence-corrected chi connectivity index (χ2v) is 3.10. The van der Waals surface area contributed by atoms with Gasteiger partial charge < -0.3 is 10.1 Å². The monoisotopic (exact) mass is 167 g/mol. The molecule has 66 valence electrons. The second kappa shape index (κ2) is 2.79. The summed E-state index contributed by atoms with van der Waals surface area (Å²) in [5, 5.41) is 7.47. The number of hydrogen-bond acceptors (Lipinski definition) is 3. The predicted molar refractivity (Wildman–Crippen MR) is 45.3 cm³/mol. The van der Waals surface area contributed by atoms with E-state index < -0.39 is 0 Å². The fourth-order valence-electron chi connectivity index (χ4n) is 1.39. The summed E-state index contributed by atoms with van der Waals surface area (Å²) < 4.78 is 7.39. The van der Waals surface area contributed by atoms with E-state index in [1.54, 1.807) is 0 Å². The van der Waals surface area contributed by atoms with Crippen molar-refractivity contribution in [1.82, 2.24) is 15.1 Å². The van der Waals surface area contributed by atoms with Gasteiger partial charge in [-0.3, -0.25) is 0 Å². The number of nitrogens with zero attached hydrogens (tertiary/aromatic N) is 2. The molecule has 2 rings (SSSR count). The van der Waals surface area contributed by atoms with Crippen LogP contribution in [-0.4, -0.2) is 29.5 Å². The average Bonchev–Trinajstić information content (AvgIpc) is 2.43. The number of likely N-dealkylation sites (N-methyl/N-ethyl adjacent to an activating group) is 1. The maximum absolute atomic E-state index is 5.49. The van der Waals surface area contributed by atoms with E-state index in [1.807, 2.05) is 24.7 Å². The number of nitrogens with one attached hydrogen (secondary N) is 1. The number of hydrogen-bond donors (Lipinski definition) is 1. The van der Waals surface area contributed by atoms with Gasteiger partial charge in [0.2, 0.25) is 5.88 Å². The highest BCUT2D eigenvalue weighted by Gasteiger charge is 2.18. The SMILES string of the molecule is CN[C@H]1COc2cc(C)nn2C1. The largest absolute Gasteiger partial charge is 0.476 e. The van der Waals surface area contributed by atoms with Crippen LogP contribution in [0.25, 0.3) is 0 Å². The fourth-order valence-corrected chi connectivity index (χ4v) is 1.39. The molecular formula is C8H13N3O. The zero-order valence-electron chi connectivity index (χ0n) is 7.37. The van der Waals surface area contributed by atoms with Crippen molar-refractivity contribution in [3.63, 3.8) is 0 Å². The van der Waals surface area contributed by atoms with Crippen molar-refractivity contribution >= 4 is 0 Å². The first-order chi connectivity index (χ1) is 5.79. The first kappa shape index (κ1) is 7.61. The topological polar surface area (TPSA) is 39.1 Å². The Labute approximate surface area is 71.5 Å². The quantitative estimate of drug-likeness (QED) is 0.648. The number of aryl methyl sites for hydroxylation is 1. The van der Waals surface area contributed by atoms with E-state index >= 15 is 0 Å². The van der Waals surface area contributed by atoms with E-state index in [1.165, 1.54) is 0 Å². The van der Waals surface area contributed by atoms with Crippen molar-refractivity contribution in [2.45, 2.75) is 19.5 Å². The molecule has 1 N–H and O–H groups in total. The Bertz CT molecular complexity index is 282. The highest BCUT2D eigenvalue weighted by molar-refractivity contribution is 5.16. The summed E-state index contributed by atoms with van der Waals surface area (Å²) in [6.45, 7) is 3.62. The van der Waals surface area contributed by atoms with Gasteiger partial charge >= 0.3 is 0 Å². The lowest BCUT2D eigenvalue weighted by Gasteiger charge is -2.23. The molecule has 1 aliphatic heterocycles. The third-order valence-electron chi connectivity index (χ3n) is 2.10. The summed E-state index contributed by atoms with van der Waals surface area (Å²) in [5.74, 6) is 0.888. The van der Waals surface area contributed by atoms with E-state index in [-0.39, 0.29) is 0 Å². The van der Waals surface area contributed by atoms with E-state index in [4.69, 9.17) is 4.74 Å². The zero-order chi connectivity index (χ0) is 8.55. The standard InChI is InChI=1S/C8H13N3O/c1-6-3-8-11(10-6)4-7(9-2)5-12-8/h3,7,9H,4-5H2,1-2H3/t7-/m1/s1. The second-order valence-electron chi connectivity index (χ2n) is 3.10. The summed E-state index contributed by atoms with van der Waals surface area (Å²) in [6.07, 6.45) is 0. The maximum Gasteiger partial charge on any atom is 0.212 e. The van der Waals surface area contributed by atoms with E-state index in [2.05, 4.69) is 10.4 Å². The molecule has 0 fully saturated rings. The lowest BCUT2D eigenvalue weighted by molar-refractivity contribution is 0.189. The number of ether oxygens (including phenoxy) is 1. The third-order valence-corrected chi connectivity index (χ3v) is 2.10. The fraction of sp³-hybridized carbons (Fsp3) is 0.625. The van der Waals surface area contributed by atoms with Gasteiger partial charge in [-0.25, -0.2) is 4.68 Å². The van der Waals surface area contributed by atoms with Crippen LogP contribution in [0.2, 0.25) is 0 Å². The van der Waals surface area contributed by atoms with Gasteiger partial charge in [-0.2, -0.15) is 5.10 Å². The molecule has 1 atom stereocenters. The highest BCUT2D eigenvalue weighted by atomic mass is 16.5. The molecule has 0 saturated carbocycles. The van der Waals surface area contributed by atoms with E-state index in [9.17, 15) is 0 Å². The first-order valence-electron chi connectivity index (χ1n) is 4.14. The molecule has 0 aliphatic carbocycles. The van der Waals surface area contributed by atoms with E-state index in [0.717, 1.165) is 24.7 Å². The Kier molecular flexibility index (Phi) is 1.77. The van der Waals surface area contributed by atoms with Gasteiger partial charge in [0, 0.05) is 6.07 Å². The average molecular weight is 167 g/mol. The third kappa shape index (κ3) is 1.18. The molecule has 4 heteroatoms. The molecule has 0 aromatic carbocycles. The van der Waals surface area contributed by atoms with Crippen molar-refractivity contribution in [2.75, 3.05) is 13.7 Å². The Morgan fingerprint density at radius 1 is 1.75 bits per heavy atom. The smallest absolute Gasteiger partial charge is 0.212 e. The normalized spacial score (nSPS) is 21.7. The summed E-state index contributed by atoms with van der Waals surface area (Å²) in [6, 6.07) is 2.35. The molecule has 1 aromatic rings. The Balaban J connectivity index is 2.22. The molecule has 12 heavy (non-hydrogen) atoms. The van der Waals surface area contributed by atoms with Crippen LogP contribution in [0.4, 0.5) is 0 Å². The van der Waals surface area contributed by atoms with Crippen LogP contribution in [-0.2, 0) is 6.54 Å². The molecule has 0 radical (unpaired) electrons. The Morgan fingerprint density at radius 3 is 3.33 bits per heavy atom. The highest BCUT2D eigenvalue weighted by Crippen LogP contribution is 2.17. The molecule has 4 nitrogen and oxygen atoms in total. The van der Waals surface area contributed by atoms with Crippen molar-refractivity contribution in [3.05, 3.63) is 11.8 Å². The van der Waals surface area contributed by atoms with Gasteiger partial charge in [0.1, 0.15) is 6.61 Å². The van der Waals surface area contributed by atoms with Gasteiger partial charge in [0.05, 0.1) is 18.3 Å². The maximum atomic E-state index is 5.49. The van der Waals surface area contributed by atoms with Gasteiger partial charge in [0.15, 0.2) is 0 Å². The molecule has 0 saturated heterocycles. The van der Waals surface area contributed by atoms with Crippen LogP contribution in [0.5, 0.6) is 5.88 Å². The number of aromatic nitrogens is 2. The minimum Gasteiger partial charge on any atom is -0.476 e. The van der Waals surface area contributed by atoms with Crippen LogP contribution in [0.1, 0.15) is 5.69 Å². The summed E-state index contributed by atoms with van der Waals surface area (Å²) in [7, 11) is 1.94. The Hall–Kier alpha value is -1.03. The van der Waals surface area contributed by atoms with Crippen LogP contribution in [0.3, 0.4) is 0 Å². The number of rotatable bonds is 1. The van der Waals surface area contributed by atoms with Gasteiger partial charge in [-0.15, -0.1) is 0 Å². The van der Waals surface area contributed by atoms with Crippen LogP contribution in [0, 0.1) is 6.92 Å². The summed E-state index contributed by atoms with van der Waals surface area (Å²) >= 11 is 0. The minimum atomic E-state index is 0.386. The number of fused-ring (bicyclic) bond motifs is 1. The van der Waals surface area contributed by atoms with Crippen LogP contribution in [0.15, 0.2) is 6.07 Å². The van der Waals surface area contributed by atoms with Gasteiger partial charge in [-0.1, -0.05) is 0 Å². The van der Waals surface area contributed by atoms with Gasteiger partial charge in [-0.05, 0) is 14.0 Å². The van der Waals surface area contributed by atoms with Crippen molar-refractivity contribution in [3.8, 4) is 5.88 Å². The van der Waals surface area contributed by atoms with E-state index in [0.29, 0.717) is 6.04 Å². The molecular weight excluding hydrogens is 154 g/mol. The Morgan fingerprint density at radius 2 is 2.58 bits per heavy atom. The predicted octanol–water partition coefficient (Wildman–Crippen LogP) is 0.172. The molecule has 0 unspecified atom stereocenters. The molecule has 1 aromatic heterocycles. The van der Waals surface area contributed by atoms with Crippen molar-refractivity contribution in [2.24, 2.45) is 0 Å². The van der Waals surface area contributed by atoms with Crippen molar-refractivity contribution in [1.29, 1.82) is 0 Å². The zero-order valence-corrected chi connectivity index (χ0v) is 7.37. The first-order valence-corrected chi connectivity index (χ1v) is 4.14. The lowest BCUT2D eigenvalue weighted by atomic mass is 10.3. The molecule has 0 amide bonds. The summed E-state index contributed by atoms with van der Waals surface area (Å²) in [5.41, 5.74) is 1.02. The van der Waals surface area contributed by atoms with Crippen molar-refractivity contribution < 1.29 is 4.74 Å². The molecule has 0 spiro atoms. The molecule has 0 bridgehead atoms. The van der Waals surface area contributed by atoms with Gasteiger partial charge in [0.25, 0.3) is 0 Å².